The minimum atomic E-state index is -3.85. The van der Waals surface area contributed by atoms with Gasteiger partial charge in [-0.05, 0) is 26.0 Å². The summed E-state index contributed by atoms with van der Waals surface area (Å²) in [4.78, 5) is 13.0. The van der Waals surface area contributed by atoms with Gasteiger partial charge in [-0.1, -0.05) is 17.7 Å². The van der Waals surface area contributed by atoms with Crippen molar-refractivity contribution < 1.29 is 13.2 Å². The van der Waals surface area contributed by atoms with E-state index < -0.39 is 21.5 Å². The molecule has 0 bridgehead atoms. The number of carbonyl (C=O) groups excluding carboxylic acids is 1. The Balaban J connectivity index is 3.10. The first-order chi connectivity index (χ1) is 8.66. The van der Waals surface area contributed by atoms with E-state index >= 15 is 0 Å². The highest BCUT2D eigenvalue weighted by Crippen LogP contribution is 2.28. The maximum absolute atomic E-state index is 12.2. The largest absolute Gasteiger partial charge is 0.398 e. The van der Waals surface area contributed by atoms with E-state index in [0.29, 0.717) is 0 Å². The first kappa shape index (κ1) is 15.8. The van der Waals surface area contributed by atoms with Crippen LogP contribution in [0.15, 0.2) is 23.1 Å². The van der Waals surface area contributed by atoms with Crippen LogP contribution in [-0.4, -0.2) is 38.1 Å². The molecule has 1 amide bonds. The second kappa shape index (κ2) is 5.79. The fourth-order valence-electron chi connectivity index (χ4n) is 1.48. The third-order valence-electron chi connectivity index (χ3n) is 2.79. The average Bonchev–Trinajstić information content (AvgIpc) is 2.26. The Bertz CT molecular complexity index is 564. The Morgan fingerprint density at radius 1 is 1.42 bits per heavy atom. The lowest BCUT2D eigenvalue weighted by molar-refractivity contribution is -0.128. The highest BCUT2D eigenvalue weighted by atomic mass is 35.5. The summed E-state index contributed by atoms with van der Waals surface area (Å²) in [5, 5.41) is 0.0278. The van der Waals surface area contributed by atoms with Gasteiger partial charge in [0.2, 0.25) is 5.91 Å². The van der Waals surface area contributed by atoms with E-state index in [1.165, 1.54) is 17.0 Å². The number of sulfone groups is 1. The number of rotatable bonds is 4. The van der Waals surface area contributed by atoms with Crippen LogP contribution in [0.3, 0.4) is 0 Å². The predicted octanol–water partition coefficient (Wildman–Crippen LogP) is 1.56. The third-order valence-corrected chi connectivity index (χ3v) is 4.92. The van der Waals surface area contributed by atoms with Crippen LogP contribution in [0, 0.1) is 0 Å². The molecule has 0 fully saturated rings. The van der Waals surface area contributed by atoms with Crippen LogP contribution >= 0.6 is 11.6 Å². The van der Waals surface area contributed by atoms with E-state index in [2.05, 4.69) is 0 Å². The SMILES string of the molecule is CC(C)N(C)C(=O)CS(=O)(=O)c1c(N)cccc1Cl. The Labute approximate surface area is 118 Å². The van der Waals surface area contributed by atoms with Crippen LogP contribution in [-0.2, 0) is 14.6 Å². The summed E-state index contributed by atoms with van der Waals surface area (Å²) in [6, 6.07) is 4.35. The molecule has 0 saturated heterocycles. The molecular formula is C12H17ClN2O3S. The zero-order valence-corrected chi connectivity index (χ0v) is 12.6. The molecule has 2 N–H and O–H groups in total. The highest BCUT2D eigenvalue weighted by Gasteiger charge is 2.26. The molecule has 1 aromatic rings. The molecule has 0 aliphatic carbocycles. The van der Waals surface area contributed by atoms with Gasteiger partial charge in [0.1, 0.15) is 10.6 Å². The molecule has 0 heterocycles. The Kier molecular flexibility index (Phi) is 4.81. The van der Waals surface area contributed by atoms with Crippen LogP contribution in [0.1, 0.15) is 13.8 Å². The number of anilines is 1. The fourth-order valence-corrected chi connectivity index (χ4v) is 3.48. The van der Waals surface area contributed by atoms with Crippen LogP contribution in [0.4, 0.5) is 5.69 Å². The number of nitrogen functional groups attached to an aromatic ring is 1. The number of halogens is 1. The maximum Gasteiger partial charge on any atom is 0.238 e. The number of nitrogens with two attached hydrogens (primary N) is 1. The monoisotopic (exact) mass is 304 g/mol. The van der Waals surface area contributed by atoms with Gasteiger partial charge in [0.05, 0.1) is 10.7 Å². The minimum absolute atomic E-state index is 0.0278. The maximum atomic E-state index is 12.2. The van der Waals surface area contributed by atoms with Gasteiger partial charge >= 0.3 is 0 Å². The van der Waals surface area contributed by atoms with E-state index in [4.69, 9.17) is 17.3 Å². The smallest absolute Gasteiger partial charge is 0.238 e. The van der Waals surface area contributed by atoms with Crippen molar-refractivity contribution in [2.24, 2.45) is 0 Å². The minimum Gasteiger partial charge on any atom is -0.398 e. The summed E-state index contributed by atoms with van der Waals surface area (Å²) >= 11 is 5.86. The Morgan fingerprint density at radius 3 is 2.47 bits per heavy atom. The lowest BCUT2D eigenvalue weighted by atomic mass is 10.3. The topological polar surface area (TPSA) is 80.5 Å². The van der Waals surface area contributed by atoms with Crippen LogP contribution in [0.2, 0.25) is 5.02 Å². The van der Waals surface area contributed by atoms with Gasteiger partial charge in [-0.2, -0.15) is 0 Å². The van der Waals surface area contributed by atoms with Gasteiger partial charge in [0.15, 0.2) is 9.84 Å². The van der Waals surface area contributed by atoms with Crippen LogP contribution in [0.5, 0.6) is 0 Å². The van der Waals surface area contributed by atoms with Crippen molar-refractivity contribution in [1.82, 2.24) is 4.90 Å². The first-order valence-electron chi connectivity index (χ1n) is 5.69. The fraction of sp³-hybridized carbons (Fsp3) is 0.417. The summed E-state index contributed by atoms with van der Waals surface area (Å²) in [6.07, 6.45) is 0. The molecule has 1 aromatic carbocycles. The summed E-state index contributed by atoms with van der Waals surface area (Å²) in [5.74, 6) is -1.13. The van der Waals surface area contributed by atoms with Crippen molar-refractivity contribution in [2.75, 3.05) is 18.5 Å². The molecule has 0 aliphatic heterocycles. The molecule has 106 valence electrons. The molecule has 0 radical (unpaired) electrons. The summed E-state index contributed by atoms with van der Waals surface area (Å²) < 4.78 is 24.4. The van der Waals surface area contributed by atoms with Gasteiger partial charge < -0.3 is 10.6 Å². The van der Waals surface area contributed by atoms with Crippen molar-refractivity contribution in [3.63, 3.8) is 0 Å². The van der Waals surface area contributed by atoms with E-state index in [0.717, 1.165) is 0 Å². The predicted molar refractivity (Wildman–Crippen MR) is 75.8 cm³/mol. The second-order valence-corrected chi connectivity index (χ2v) is 6.85. The number of hydrogen-bond donors (Lipinski definition) is 1. The van der Waals surface area contributed by atoms with Gasteiger partial charge in [-0.3, -0.25) is 4.79 Å². The summed E-state index contributed by atoms with van der Waals surface area (Å²) in [5.41, 5.74) is 5.68. The number of hydrogen-bond acceptors (Lipinski definition) is 4. The first-order valence-corrected chi connectivity index (χ1v) is 7.72. The zero-order valence-electron chi connectivity index (χ0n) is 11.1. The molecule has 0 atom stereocenters. The number of carbonyl (C=O) groups is 1. The van der Waals surface area contributed by atoms with Crippen molar-refractivity contribution in [1.29, 1.82) is 0 Å². The summed E-state index contributed by atoms with van der Waals surface area (Å²) in [6.45, 7) is 3.60. The molecule has 19 heavy (non-hydrogen) atoms. The second-order valence-electron chi connectivity index (χ2n) is 4.52. The highest BCUT2D eigenvalue weighted by molar-refractivity contribution is 7.92. The van der Waals surface area contributed by atoms with E-state index in [1.54, 1.807) is 27.0 Å². The quantitative estimate of drug-likeness (QED) is 0.856. The standard InChI is InChI=1S/C12H17ClN2O3S/c1-8(2)15(3)11(16)7-19(17,18)12-9(13)5-4-6-10(12)14/h4-6,8H,7,14H2,1-3H3. The number of nitrogens with zero attached hydrogens (tertiary/aromatic N) is 1. The van der Waals surface area contributed by atoms with Crippen LogP contribution < -0.4 is 5.73 Å². The van der Waals surface area contributed by atoms with Gasteiger partial charge in [-0.15, -0.1) is 0 Å². The Hall–Kier alpha value is -1.27. The molecule has 0 spiro atoms. The average molecular weight is 305 g/mol. The van der Waals surface area contributed by atoms with E-state index in [9.17, 15) is 13.2 Å². The number of benzene rings is 1. The van der Waals surface area contributed by atoms with E-state index in [1.807, 2.05) is 0 Å². The number of amides is 1. The van der Waals surface area contributed by atoms with Crippen LogP contribution in [0.25, 0.3) is 0 Å². The molecule has 7 heteroatoms. The van der Waals surface area contributed by atoms with Gasteiger partial charge in [0.25, 0.3) is 0 Å². The molecule has 1 rings (SSSR count). The molecular weight excluding hydrogens is 288 g/mol. The molecule has 0 unspecified atom stereocenters. The lowest BCUT2D eigenvalue weighted by Gasteiger charge is -2.21. The normalized spacial score (nSPS) is 11.6. The van der Waals surface area contributed by atoms with E-state index in [-0.39, 0.29) is 21.6 Å². The lowest BCUT2D eigenvalue weighted by Crippen LogP contribution is -2.37. The molecule has 5 nitrogen and oxygen atoms in total. The van der Waals surface area contributed by atoms with Crippen molar-refractivity contribution in [2.45, 2.75) is 24.8 Å². The summed E-state index contributed by atoms with van der Waals surface area (Å²) in [7, 11) is -2.29. The third kappa shape index (κ3) is 3.61. The zero-order chi connectivity index (χ0) is 14.8. The molecule has 0 aromatic heterocycles. The van der Waals surface area contributed by atoms with Crippen molar-refractivity contribution >= 4 is 33.0 Å². The van der Waals surface area contributed by atoms with Crippen molar-refractivity contribution in [3.8, 4) is 0 Å². The molecule has 0 saturated carbocycles. The van der Waals surface area contributed by atoms with Crippen molar-refractivity contribution in [3.05, 3.63) is 23.2 Å². The molecule has 0 aliphatic rings. The van der Waals surface area contributed by atoms with Gasteiger partial charge in [0, 0.05) is 13.1 Å². The van der Waals surface area contributed by atoms with Gasteiger partial charge in [-0.25, -0.2) is 8.42 Å². The Morgan fingerprint density at radius 2 is 2.00 bits per heavy atom.